The normalized spacial score (nSPS) is 31.4. The zero-order valence-corrected chi connectivity index (χ0v) is 16.9. The van der Waals surface area contributed by atoms with Gasteiger partial charge in [0.25, 0.3) is 0 Å². The van der Waals surface area contributed by atoms with Crippen molar-refractivity contribution in [3.05, 3.63) is 47.2 Å². The molecule has 10 heteroatoms. The Balaban J connectivity index is 1.45. The number of nitrogens with one attached hydrogen (secondary N) is 1. The molecule has 0 unspecified atom stereocenters. The number of rotatable bonds is 5. The molecule has 0 radical (unpaired) electrons. The molecule has 0 bridgehead atoms. The van der Waals surface area contributed by atoms with Crippen molar-refractivity contribution in [3.8, 4) is 0 Å². The van der Waals surface area contributed by atoms with E-state index in [0.717, 1.165) is 12.8 Å². The predicted octanol–water partition coefficient (Wildman–Crippen LogP) is 1.41. The smallest absolute Gasteiger partial charge is 0.167 e. The number of allylic oxidation sites excluding steroid dienone is 1. The van der Waals surface area contributed by atoms with E-state index < -0.39 is 24.5 Å². The summed E-state index contributed by atoms with van der Waals surface area (Å²) in [5.41, 5.74) is 2.36. The van der Waals surface area contributed by atoms with Crippen LogP contribution in [0.2, 0.25) is 0 Å². The molecular weight excluding hydrogens is 406 g/mol. The second-order valence-electron chi connectivity index (χ2n) is 7.63. The standard InChI is InChI=1S/C20H23N5O4S/c26-7-14-16(27)17(28)20(29-14)25-10-23-15-18(21-9-22-19(15)25)24-13-4-2-1-3-12(13)11-5-6-30-8-11/h1-2,5-6,8-10,12-14,16-17,20,26-28H,3-4,7H2,(H,21,22,24)/t12-,13+,14-,16-,17-,20-/m1/s1. The van der Waals surface area contributed by atoms with E-state index in [0.29, 0.717) is 22.9 Å². The van der Waals surface area contributed by atoms with Gasteiger partial charge in [-0.1, -0.05) is 12.2 Å². The molecule has 1 fully saturated rings. The Morgan fingerprint density at radius 3 is 2.80 bits per heavy atom. The number of nitrogens with zero attached hydrogens (tertiary/aromatic N) is 4. The van der Waals surface area contributed by atoms with Gasteiger partial charge in [0.05, 0.1) is 12.9 Å². The van der Waals surface area contributed by atoms with Gasteiger partial charge in [-0.3, -0.25) is 4.57 Å². The van der Waals surface area contributed by atoms with E-state index in [2.05, 4.69) is 49.2 Å². The number of anilines is 1. The van der Waals surface area contributed by atoms with E-state index >= 15 is 0 Å². The van der Waals surface area contributed by atoms with Gasteiger partial charge in [0, 0.05) is 12.0 Å². The number of hydrogen-bond acceptors (Lipinski definition) is 9. The number of aliphatic hydroxyl groups excluding tert-OH is 3. The van der Waals surface area contributed by atoms with Crippen LogP contribution >= 0.6 is 11.3 Å². The maximum absolute atomic E-state index is 10.4. The number of ether oxygens (including phenoxy) is 1. The van der Waals surface area contributed by atoms with Crippen LogP contribution in [0.1, 0.15) is 30.6 Å². The third-order valence-corrected chi connectivity index (χ3v) is 6.58. The molecule has 2 aliphatic rings. The van der Waals surface area contributed by atoms with E-state index in [9.17, 15) is 15.3 Å². The lowest BCUT2D eigenvalue weighted by Gasteiger charge is -2.29. The summed E-state index contributed by atoms with van der Waals surface area (Å²) in [5, 5.41) is 37.6. The number of fused-ring (bicyclic) bond motifs is 1. The monoisotopic (exact) mass is 429 g/mol. The second kappa shape index (κ2) is 8.05. The summed E-state index contributed by atoms with van der Waals surface area (Å²) < 4.78 is 7.20. The van der Waals surface area contributed by atoms with E-state index in [-0.39, 0.29) is 12.6 Å². The average Bonchev–Trinajstić information content (AvgIpc) is 3.50. The summed E-state index contributed by atoms with van der Waals surface area (Å²) in [5.74, 6) is 0.958. The number of thiophene rings is 1. The minimum absolute atomic E-state index is 0.168. The Labute approximate surface area is 176 Å². The minimum Gasteiger partial charge on any atom is -0.394 e. The van der Waals surface area contributed by atoms with Crippen molar-refractivity contribution in [1.82, 2.24) is 19.5 Å². The molecule has 4 heterocycles. The van der Waals surface area contributed by atoms with E-state index in [1.54, 1.807) is 15.9 Å². The quantitative estimate of drug-likeness (QED) is 0.449. The molecular formula is C20H23N5O4S. The van der Waals surface area contributed by atoms with Gasteiger partial charge in [-0.05, 0) is 35.2 Å². The third-order valence-electron chi connectivity index (χ3n) is 5.88. The number of imidazole rings is 1. The fourth-order valence-corrected chi connectivity index (χ4v) is 4.98. The molecule has 0 spiro atoms. The summed E-state index contributed by atoms with van der Waals surface area (Å²) in [6.07, 6.45) is 5.06. The topological polar surface area (TPSA) is 126 Å². The molecule has 158 valence electrons. The first kappa shape index (κ1) is 19.6. The van der Waals surface area contributed by atoms with Crippen LogP contribution in [0, 0.1) is 0 Å². The lowest BCUT2D eigenvalue weighted by atomic mass is 9.85. The summed E-state index contributed by atoms with van der Waals surface area (Å²) >= 11 is 1.69. The zero-order chi connectivity index (χ0) is 20.7. The largest absolute Gasteiger partial charge is 0.394 e. The first-order chi connectivity index (χ1) is 14.7. The van der Waals surface area contributed by atoms with Crippen molar-refractivity contribution < 1.29 is 20.1 Å². The minimum atomic E-state index is -1.20. The van der Waals surface area contributed by atoms with Crippen LogP contribution in [0.15, 0.2) is 41.6 Å². The molecule has 30 heavy (non-hydrogen) atoms. The van der Waals surface area contributed by atoms with Gasteiger partial charge in [-0.15, -0.1) is 0 Å². The fraction of sp³-hybridized carbons (Fsp3) is 0.450. The van der Waals surface area contributed by atoms with Crippen molar-refractivity contribution >= 4 is 28.3 Å². The highest BCUT2D eigenvalue weighted by atomic mass is 32.1. The molecule has 1 saturated heterocycles. The van der Waals surface area contributed by atoms with E-state index in [1.807, 2.05) is 0 Å². The molecule has 1 aliphatic heterocycles. The van der Waals surface area contributed by atoms with Crippen LogP contribution in [0.3, 0.4) is 0 Å². The first-order valence-corrected chi connectivity index (χ1v) is 10.8. The summed E-state index contributed by atoms with van der Waals surface area (Å²) in [6.45, 7) is -0.387. The Morgan fingerprint density at radius 1 is 1.17 bits per heavy atom. The molecule has 3 aromatic rings. The van der Waals surface area contributed by atoms with Gasteiger partial charge in [0.15, 0.2) is 23.2 Å². The highest BCUT2D eigenvalue weighted by molar-refractivity contribution is 7.08. The van der Waals surface area contributed by atoms with Crippen LogP contribution in [0.25, 0.3) is 11.2 Å². The summed E-state index contributed by atoms with van der Waals surface area (Å²) in [7, 11) is 0. The highest BCUT2D eigenvalue weighted by Gasteiger charge is 2.44. The molecule has 4 N–H and O–H groups in total. The first-order valence-electron chi connectivity index (χ1n) is 9.91. The van der Waals surface area contributed by atoms with Gasteiger partial charge in [-0.25, -0.2) is 15.0 Å². The molecule has 9 nitrogen and oxygen atoms in total. The molecule has 6 atom stereocenters. The maximum Gasteiger partial charge on any atom is 0.167 e. The summed E-state index contributed by atoms with van der Waals surface area (Å²) in [4.78, 5) is 13.2. The van der Waals surface area contributed by atoms with Crippen molar-refractivity contribution in [3.63, 3.8) is 0 Å². The van der Waals surface area contributed by atoms with Gasteiger partial charge in [0.1, 0.15) is 24.6 Å². The van der Waals surface area contributed by atoms with Gasteiger partial charge >= 0.3 is 0 Å². The maximum atomic E-state index is 10.4. The Morgan fingerprint density at radius 2 is 2.03 bits per heavy atom. The molecule has 0 amide bonds. The predicted molar refractivity (Wildman–Crippen MR) is 111 cm³/mol. The number of aliphatic hydroxyl groups is 3. The third kappa shape index (κ3) is 3.30. The van der Waals surface area contributed by atoms with E-state index in [4.69, 9.17) is 4.74 Å². The average molecular weight is 430 g/mol. The second-order valence-corrected chi connectivity index (χ2v) is 8.41. The number of aromatic nitrogens is 4. The van der Waals surface area contributed by atoms with Crippen molar-refractivity contribution in [1.29, 1.82) is 0 Å². The summed E-state index contributed by atoms with van der Waals surface area (Å²) in [6, 6.07) is 2.33. The van der Waals surface area contributed by atoms with Crippen LogP contribution in [0.4, 0.5) is 5.82 Å². The van der Waals surface area contributed by atoms with Crippen molar-refractivity contribution in [2.45, 2.75) is 49.3 Å². The molecule has 0 saturated carbocycles. The lowest BCUT2D eigenvalue weighted by Crippen LogP contribution is -2.33. The van der Waals surface area contributed by atoms with Crippen LogP contribution in [-0.4, -0.2) is 65.8 Å². The van der Waals surface area contributed by atoms with Crippen molar-refractivity contribution in [2.24, 2.45) is 0 Å². The fourth-order valence-electron chi connectivity index (χ4n) is 4.26. The van der Waals surface area contributed by atoms with E-state index in [1.165, 1.54) is 18.2 Å². The van der Waals surface area contributed by atoms with Crippen LogP contribution in [0.5, 0.6) is 0 Å². The highest BCUT2D eigenvalue weighted by Crippen LogP contribution is 2.35. The molecule has 1 aliphatic carbocycles. The number of hydrogen-bond donors (Lipinski definition) is 4. The Bertz CT molecular complexity index is 1040. The molecule has 0 aromatic carbocycles. The van der Waals surface area contributed by atoms with Crippen LogP contribution in [-0.2, 0) is 4.74 Å². The van der Waals surface area contributed by atoms with Gasteiger partial charge in [0.2, 0.25) is 0 Å². The Kier molecular flexibility index (Phi) is 5.25. The molecule has 3 aromatic heterocycles. The van der Waals surface area contributed by atoms with Gasteiger partial charge in [-0.2, -0.15) is 11.3 Å². The lowest BCUT2D eigenvalue weighted by molar-refractivity contribution is -0.0511. The Hall–Kier alpha value is -2.37. The van der Waals surface area contributed by atoms with Crippen LogP contribution < -0.4 is 5.32 Å². The van der Waals surface area contributed by atoms with Gasteiger partial charge < -0.3 is 25.4 Å². The molecule has 5 rings (SSSR count). The van der Waals surface area contributed by atoms with Crippen molar-refractivity contribution in [2.75, 3.05) is 11.9 Å². The SMILES string of the molecule is OC[C@H]1O[C@@H](n2cnc3c(N[C@H]4CC=CC[C@@H]4c4ccsc4)ncnc32)[C@H](O)[C@@H]1O. The zero-order valence-electron chi connectivity index (χ0n) is 16.1.